The third-order valence-corrected chi connectivity index (χ3v) is 5.80. The number of rotatable bonds is 7. The van der Waals surface area contributed by atoms with Crippen molar-refractivity contribution in [2.45, 2.75) is 13.8 Å². The average molecular weight is 443 g/mol. The Morgan fingerprint density at radius 1 is 1.13 bits per heavy atom. The van der Waals surface area contributed by atoms with Crippen molar-refractivity contribution in [3.05, 3.63) is 83.4 Å². The first-order chi connectivity index (χ1) is 14.7. The quantitative estimate of drug-likeness (QED) is 0.451. The molecule has 0 aliphatic heterocycles. The fourth-order valence-electron chi connectivity index (χ4n) is 3.26. The van der Waals surface area contributed by atoms with Gasteiger partial charge in [0, 0.05) is 22.6 Å². The molecule has 0 bridgehead atoms. The monoisotopic (exact) mass is 442 g/mol. The molecule has 31 heavy (non-hydrogen) atoms. The van der Waals surface area contributed by atoms with Crippen molar-refractivity contribution >= 4 is 27.8 Å². The second kappa shape index (κ2) is 9.13. The zero-order valence-corrected chi connectivity index (χ0v) is 18.2. The largest absolute Gasteiger partial charge is 0.318 e. The van der Waals surface area contributed by atoms with Gasteiger partial charge in [0.15, 0.2) is 0 Å². The molecule has 0 spiro atoms. The fraction of sp³-hybridized carbons (Fsp3) is 0.182. The minimum atomic E-state index is -3.80. The van der Waals surface area contributed by atoms with Crippen LogP contribution in [-0.4, -0.2) is 37.9 Å². The van der Waals surface area contributed by atoms with Gasteiger partial charge >= 0.3 is 0 Å². The molecule has 1 heterocycles. The number of carbonyl (C=O) groups is 1. The Hall–Kier alpha value is -3.46. The van der Waals surface area contributed by atoms with E-state index < -0.39 is 28.3 Å². The first-order valence-corrected chi connectivity index (χ1v) is 11.3. The van der Waals surface area contributed by atoms with Gasteiger partial charge in [0.25, 0.3) is 5.91 Å². The Bertz CT molecular complexity index is 1220. The van der Waals surface area contributed by atoms with Gasteiger partial charge in [-0.25, -0.2) is 18.2 Å². The number of sulfonamides is 1. The van der Waals surface area contributed by atoms with Crippen molar-refractivity contribution in [2.75, 3.05) is 17.1 Å². The van der Waals surface area contributed by atoms with Crippen LogP contribution in [0.5, 0.6) is 0 Å². The molecule has 0 unspecified atom stereocenters. The Kier molecular flexibility index (Phi) is 6.55. The van der Waals surface area contributed by atoms with Gasteiger partial charge < -0.3 is 4.57 Å². The summed E-state index contributed by atoms with van der Waals surface area (Å²) in [6.07, 6.45) is 2.46. The smallest absolute Gasteiger partial charge is 0.260 e. The second-order valence-electron chi connectivity index (χ2n) is 7.04. The van der Waals surface area contributed by atoms with E-state index in [0.29, 0.717) is 0 Å². The molecule has 2 aromatic carbocycles. The minimum Gasteiger partial charge on any atom is -0.318 e. The van der Waals surface area contributed by atoms with E-state index in [1.165, 1.54) is 24.4 Å². The zero-order valence-electron chi connectivity index (χ0n) is 17.4. The Morgan fingerprint density at radius 2 is 1.84 bits per heavy atom. The molecule has 0 fully saturated rings. The van der Waals surface area contributed by atoms with E-state index in [2.05, 4.69) is 15.1 Å². The van der Waals surface area contributed by atoms with Gasteiger partial charge in [-0.2, -0.15) is 5.10 Å². The van der Waals surface area contributed by atoms with Crippen molar-refractivity contribution in [3.63, 3.8) is 0 Å². The summed E-state index contributed by atoms with van der Waals surface area (Å²) in [5.74, 6) is -1.25. The molecule has 0 saturated heterocycles. The van der Waals surface area contributed by atoms with Crippen LogP contribution in [0.1, 0.15) is 17.0 Å². The van der Waals surface area contributed by atoms with Gasteiger partial charge in [0.1, 0.15) is 12.4 Å². The van der Waals surface area contributed by atoms with E-state index in [0.717, 1.165) is 39.3 Å². The molecule has 162 valence electrons. The number of hydrogen-bond donors (Lipinski definition) is 1. The minimum absolute atomic E-state index is 0.0630. The van der Waals surface area contributed by atoms with Crippen LogP contribution in [0.3, 0.4) is 0 Å². The highest BCUT2D eigenvalue weighted by molar-refractivity contribution is 7.92. The summed E-state index contributed by atoms with van der Waals surface area (Å²) in [5.41, 5.74) is 6.17. The maximum absolute atomic E-state index is 13.5. The lowest BCUT2D eigenvalue weighted by molar-refractivity contribution is -0.119. The highest BCUT2D eigenvalue weighted by Gasteiger charge is 2.21. The molecule has 1 N–H and O–H groups in total. The van der Waals surface area contributed by atoms with Crippen molar-refractivity contribution in [3.8, 4) is 5.69 Å². The maximum Gasteiger partial charge on any atom is 0.260 e. The molecule has 1 aromatic heterocycles. The normalized spacial score (nSPS) is 11.6. The molecule has 7 nitrogen and oxygen atoms in total. The number of para-hydroxylation sites is 1. The van der Waals surface area contributed by atoms with Gasteiger partial charge in [-0.05, 0) is 50.2 Å². The molecule has 0 aliphatic rings. The number of aromatic nitrogens is 1. The Balaban J connectivity index is 1.73. The summed E-state index contributed by atoms with van der Waals surface area (Å²) < 4.78 is 40.5. The number of hydrazone groups is 1. The number of carbonyl (C=O) groups excluding carboxylic acids is 1. The Morgan fingerprint density at radius 3 is 2.48 bits per heavy atom. The molecule has 3 rings (SSSR count). The molecule has 1 amide bonds. The summed E-state index contributed by atoms with van der Waals surface area (Å²) in [7, 11) is -3.80. The van der Waals surface area contributed by atoms with E-state index in [1.54, 1.807) is 0 Å². The Labute approximate surface area is 180 Å². The maximum atomic E-state index is 13.5. The van der Waals surface area contributed by atoms with Crippen molar-refractivity contribution in [1.82, 2.24) is 9.99 Å². The molecule has 0 saturated carbocycles. The molecule has 9 heteroatoms. The molecule has 3 aromatic rings. The number of nitrogens with one attached hydrogen (secondary N) is 1. The summed E-state index contributed by atoms with van der Waals surface area (Å²) in [5, 5.41) is 3.96. The molecular formula is C22H23FN4O3S. The van der Waals surface area contributed by atoms with Gasteiger partial charge in [-0.15, -0.1) is 0 Å². The van der Waals surface area contributed by atoms with Gasteiger partial charge in [0.2, 0.25) is 10.0 Å². The SMILES string of the molecule is Cc1cc(/C=N\NC(=O)CN(c2cccc(F)c2)S(C)(=O)=O)c(C)n1-c1ccccc1. The summed E-state index contributed by atoms with van der Waals surface area (Å²) in [6, 6.07) is 16.8. The van der Waals surface area contributed by atoms with Crippen molar-refractivity contribution in [2.24, 2.45) is 5.10 Å². The third kappa shape index (κ3) is 5.37. The van der Waals surface area contributed by atoms with Crippen LogP contribution in [0, 0.1) is 19.7 Å². The van der Waals surface area contributed by atoms with Crippen molar-refractivity contribution < 1.29 is 17.6 Å². The number of aryl methyl sites for hydroxylation is 1. The van der Waals surface area contributed by atoms with Crippen LogP contribution in [-0.2, 0) is 14.8 Å². The van der Waals surface area contributed by atoms with E-state index in [1.807, 2.05) is 50.2 Å². The molecule has 0 atom stereocenters. The van der Waals surface area contributed by atoms with E-state index >= 15 is 0 Å². The van der Waals surface area contributed by atoms with Crippen LogP contribution in [0.2, 0.25) is 0 Å². The first-order valence-electron chi connectivity index (χ1n) is 9.46. The summed E-state index contributed by atoms with van der Waals surface area (Å²) in [4.78, 5) is 12.3. The third-order valence-electron chi connectivity index (χ3n) is 4.66. The summed E-state index contributed by atoms with van der Waals surface area (Å²) in [6.45, 7) is 3.39. The van der Waals surface area contributed by atoms with Gasteiger partial charge in [0.05, 0.1) is 18.2 Å². The number of hydrogen-bond acceptors (Lipinski definition) is 4. The topological polar surface area (TPSA) is 83.8 Å². The van der Waals surface area contributed by atoms with Gasteiger partial charge in [-0.3, -0.25) is 9.10 Å². The molecule has 0 radical (unpaired) electrons. The van der Waals surface area contributed by atoms with E-state index in [-0.39, 0.29) is 5.69 Å². The highest BCUT2D eigenvalue weighted by atomic mass is 32.2. The van der Waals surface area contributed by atoms with Gasteiger partial charge in [-0.1, -0.05) is 24.3 Å². The predicted octanol–water partition coefficient (Wildman–Crippen LogP) is 3.15. The van der Waals surface area contributed by atoms with Crippen LogP contribution < -0.4 is 9.73 Å². The molecular weight excluding hydrogens is 419 g/mol. The lowest BCUT2D eigenvalue weighted by Gasteiger charge is -2.21. The number of halogens is 1. The lowest BCUT2D eigenvalue weighted by Crippen LogP contribution is -2.39. The first kappa shape index (κ1) is 22.2. The van der Waals surface area contributed by atoms with Crippen molar-refractivity contribution in [1.29, 1.82) is 0 Å². The van der Waals surface area contributed by atoms with Crippen LogP contribution in [0.4, 0.5) is 10.1 Å². The summed E-state index contributed by atoms with van der Waals surface area (Å²) >= 11 is 0. The zero-order chi connectivity index (χ0) is 22.6. The number of nitrogens with zero attached hydrogens (tertiary/aromatic N) is 3. The van der Waals surface area contributed by atoms with E-state index in [9.17, 15) is 17.6 Å². The standard InChI is InChI=1S/C22H23FN4O3S/c1-16-12-18(17(2)27(16)20-9-5-4-6-10-20)14-24-25-22(28)15-26(31(3,29)30)21-11-7-8-19(23)13-21/h4-14H,15H2,1-3H3,(H,25,28)/b24-14-. The van der Waals surface area contributed by atoms with Crippen LogP contribution in [0.15, 0.2) is 65.8 Å². The van der Waals surface area contributed by atoms with E-state index in [4.69, 9.17) is 0 Å². The second-order valence-corrected chi connectivity index (χ2v) is 8.95. The highest BCUT2D eigenvalue weighted by Crippen LogP contribution is 2.20. The number of anilines is 1. The van der Waals surface area contributed by atoms with Crippen LogP contribution in [0.25, 0.3) is 5.69 Å². The van der Waals surface area contributed by atoms with Crippen LogP contribution >= 0.6 is 0 Å². The lowest BCUT2D eigenvalue weighted by atomic mass is 10.2. The molecule has 0 aliphatic carbocycles. The number of amides is 1. The fourth-order valence-corrected chi connectivity index (χ4v) is 4.11. The average Bonchev–Trinajstić information content (AvgIpc) is 2.99. The number of benzene rings is 2. The predicted molar refractivity (Wildman–Crippen MR) is 120 cm³/mol.